The van der Waals surface area contributed by atoms with Crippen LogP contribution in [-0.4, -0.2) is 62.4 Å². The van der Waals surface area contributed by atoms with Crippen LogP contribution in [0.15, 0.2) is 35.1 Å². The summed E-state index contributed by atoms with van der Waals surface area (Å²) in [6, 6.07) is 0. The quantitative estimate of drug-likeness (QED) is 0.283. The first kappa shape index (κ1) is 25.7. The maximum Gasteiger partial charge on any atom is 0.322 e. The molecule has 0 fully saturated rings. The number of nitrogens with zero attached hydrogens (tertiary/aromatic N) is 2. The Labute approximate surface area is 177 Å². The van der Waals surface area contributed by atoms with Crippen LogP contribution in [0, 0.1) is 5.92 Å². The highest BCUT2D eigenvalue weighted by Crippen LogP contribution is 2.67. The van der Waals surface area contributed by atoms with Crippen LogP contribution in [0.1, 0.15) is 47.0 Å². The lowest BCUT2D eigenvalue weighted by molar-refractivity contribution is -0.148. The average molecular weight is 427 g/mol. The van der Waals surface area contributed by atoms with Gasteiger partial charge >= 0.3 is 5.97 Å². The van der Waals surface area contributed by atoms with Crippen LogP contribution in [0.25, 0.3) is 0 Å². The van der Waals surface area contributed by atoms with Crippen LogP contribution in [0.2, 0.25) is 0 Å². The molecule has 1 aliphatic rings. The molecule has 2 unspecified atom stereocenters. The number of ether oxygens (including phenoxy) is 2. The number of carbonyl (C=O) groups is 1. The van der Waals surface area contributed by atoms with E-state index in [1.54, 1.807) is 51.6 Å². The number of rotatable bonds is 10. The van der Waals surface area contributed by atoms with Gasteiger partial charge in [0.2, 0.25) is 7.44 Å². The zero-order valence-corrected chi connectivity index (χ0v) is 20.5. The van der Waals surface area contributed by atoms with Crippen molar-refractivity contribution in [3.05, 3.63) is 35.1 Å². The predicted molar refractivity (Wildman–Crippen MR) is 120 cm³/mol. The molecule has 0 saturated heterocycles. The topological polar surface area (TPSA) is 59.1 Å². The number of allylic oxidation sites excluding steroid dienone is 5. The summed E-state index contributed by atoms with van der Waals surface area (Å²) in [5, 5.41) is -1.22. The van der Waals surface area contributed by atoms with Crippen LogP contribution < -0.4 is 0 Å². The number of esters is 1. The zero-order chi connectivity index (χ0) is 22.4. The highest BCUT2D eigenvalue weighted by molar-refractivity contribution is 7.61. The van der Waals surface area contributed by atoms with Gasteiger partial charge in [0.1, 0.15) is 5.76 Å². The molecule has 0 aromatic carbocycles. The van der Waals surface area contributed by atoms with Gasteiger partial charge in [-0.3, -0.25) is 9.36 Å². The van der Waals surface area contributed by atoms with Crippen molar-refractivity contribution in [2.75, 3.05) is 41.9 Å². The van der Waals surface area contributed by atoms with Gasteiger partial charge < -0.3 is 9.47 Å². The maximum absolute atomic E-state index is 14.6. The Balaban J connectivity index is 3.78. The molecule has 29 heavy (non-hydrogen) atoms. The van der Waals surface area contributed by atoms with E-state index in [-0.39, 0.29) is 12.5 Å². The minimum Gasteiger partial charge on any atom is -0.497 e. The van der Waals surface area contributed by atoms with E-state index in [2.05, 4.69) is 12.2 Å². The molecule has 0 bridgehead atoms. The molecule has 0 radical (unpaired) electrons. The van der Waals surface area contributed by atoms with E-state index in [0.29, 0.717) is 19.3 Å². The Hall–Kier alpha value is -1.36. The molecule has 0 N–H and O–H groups in total. The number of carbonyl (C=O) groups excluding carboxylic acids is 1. The molecule has 7 heteroatoms. The number of methoxy groups -OCH3 is 1. The fourth-order valence-electron chi connectivity index (χ4n) is 4.18. The summed E-state index contributed by atoms with van der Waals surface area (Å²) in [5.41, 5.74) is 2.19. The van der Waals surface area contributed by atoms with Crippen molar-refractivity contribution >= 4 is 13.4 Å². The summed E-state index contributed by atoms with van der Waals surface area (Å²) in [6.45, 7) is 8.07. The molecule has 0 spiro atoms. The van der Waals surface area contributed by atoms with E-state index < -0.39 is 18.6 Å². The molecular formula is C22H39N2O4P. The lowest BCUT2D eigenvalue weighted by Gasteiger charge is -2.48. The van der Waals surface area contributed by atoms with Crippen molar-refractivity contribution in [2.45, 2.75) is 52.1 Å². The van der Waals surface area contributed by atoms with Gasteiger partial charge in [-0.05, 0) is 86.8 Å². The van der Waals surface area contributed by atoms with Gasteiger partial charge in [0, 0.05) is 5.92 Å². The second-order valence-electron chi connectivity index (χ2n) is 8.17. The van der Waals surface area contributed by atoms with Gasteiger partial charge in [-0.2, -0.15) is 0 Å². The average Bonchev–Trinajstić information content (AvgIpc) is 2.64. The highest BCUT2D eigenvalue weighted by atomic mass is 31.2. The monoisotopic (exact) mass is 426 g/mol. The second-order valence-corrected chi connectivity index (χ2v) is 11.7. The van der Waals surface area contributed by atoms with Crippen LogP contribution in [0.3, 0.4) is 0 Å². The van der Waals surface area contributed by atoms with Crippen molar-refractivity contribution < 1.29 is 18.8 Å². The molecule has 1 aliphatic carbocycles. The lowest BCUT2D eigenvalue weighted by atomic mass is 9.81. The highest BCUT2D eigenvalue weighted by Gasteiger charge is 2.61. The fourth-order valence-corrected chi connectivity index (χ4v) is 7.65. The van der Waals surface area contributed by atoms with Crippen LogP contribution in [0.4, 0.5) is 0 Å². The van der Waals surface area contributed by atoms with E-state index in [1.165, 1.54) is 5.57 Å². The molecule has 0 aromatic rings. The Kier molecular flexibility index (Phi) is 9.39. The summed E-state index contributed by atoms with van der Waals surface area (Å²) >= 11 is 0. The molecule has 0 heterocycles. The fraction of sp³-hybridized carbons (Fsp3) is 0.682. The van der Waals surface area contributed by atoms with Crippen LogP contribution in [0.5, 0.6) is 0 Å². The lowest BCUT2D eigenvalue weighted by Crippen LogP contribution is -2.52. The van der Waals surface area contributed by atoms with E-state index in [4.69, 9.17) is 9.47 Å². The molecule has 0 aliphatic heterocycles. The van der Waals surface area contributed by atoms with Crippen molar-refractivity contribution in [1.82, 2.24) is 9.34 Å². The van der Waals surface area contributed by atoms with Crippen molar-refractivity contribution in [2.24, 2.45) is 5.92 Å². The summed E-state index contributed by atoms with van der Waals surface area (Å²) in [4.78, 5) is 13.6. The largest absolute Gasteiger partial charge is 0.497 e. The first-order chi connectivity index (χ1) is 13.5. The Bertz CT molecular complexity index is 708. The molecule has 166 valence electrons. The first-order valence-electron chi connectivity index (χ1n) is 10.2. The first-order valence-corrected chi connectivity index (χ1v) is 11.8. The van der Waals surface area contributed by atoms with E-state index in [0.717, 1.165) is 11.3 Å². The van der Waals surface area contributed by atoms with E-state index in [9.17, 15) is 9.36 Å². The minimum absolute atomic E-state index is 0.243. The Morgan fingerprint density at radius 3 is 2.31 bits per heavy atom. The SMILES string of the molecule is CCOC(=O)C(CCC=C(C)C)(C1C=C(OC)C(C)=CC1)P(=O)(N(C)C)N(C)C. The van der Waals surface area contributed by atoms with E-state index >= 15 is 0 Å². The van der Waals surface area contributed by atoms with Gasteiger partial charge in [0.25, 0.3) is 0 Å². The molecule has 0 amide bonds. The second kappa shape index (κ2) is 10.6. The molecular weight excluding hydrogens is 387 g/mol. The number of hydrogen-bond donors (Lipinski definition) is 0. The van der Waals surface area contributed by atoms with Gasteiger partial charge in [-0.1, -0.05) is 17.7 Å². The van der Waals surface area contributed by atoms with Crippen molar-refractivity contribution in [1.29, 1.82) is 0 Å². The van der Waals surface area contributed by atoms with Gasteiger partial charge in [0.15, 0.2) is 5.16 Å². The summed E-state index contributed by atoms with van der Waals surface area (Å²) < 4.78 is 29.2. The van der Waals surface area contributed by atoms with Crippen molar-refractivity contribution in [3.63, 3.8) is 0 Å². The summed E-state index contributed by atoms with van der Waals surface area (Å²) in [7, 11) is 5.39. The normalized spacial score (nSPS) is 19.3. The Morgan fingerprint density at radius 1 is 1.28 bits per heavy atom. The summed E-state index contributed by atoms with van der Waals surface area (Å²) in [6.07, 6.45) is 7.80. The van der Waals surface area contributed by atoms with Crippen LogP contribution in [-0.2, 0) is 18.8 Å². The standard InChI is InChI=1S/C22H39N2O4P/c1-10-28-21(25)22(15-11-12-17(2)3,29(26,23(5)6)24(7)8)19-14-13-18(4)20(16-19)27-9/h12-13,16,19H,10-11,14-15H2,1-9H3. The third-order valence-electron chi connectivity index (χ3n) is 5.56. The third kappa shape index (κ3) is 5.04. The Morgan fingerprint density at radius 2 is 1.86 bits per heavy atom. The van der Waals surface area contributed by atoms with Gasteiger partial charge in [-0.15, -0.1) is 0 Å². The minimum atomic E-state index is -3.34. The smallest absolute Gasteiger partial charge is 0.322 e. The molecule has 2 atom stereocenters. The van der Waals surface area contributed by atoms with E-state index in [1.807, 2.05) is 26.8 Å². The van der Waals surface area contributed by atoms with Crippen molar-refractivity contribution in [3.8, 4) is 0 Å². The summed E-state index contributed by atoms with van der Waals surface area (Å²) in [5.74, 6) is 0.0140. The number of hydrogen-bond acceptors (Lipinski definition) is 4. The van der Waals surface area contributed by atoms with Gasteiger partial charge in [0.05, 0.1) is 13.7 Å². The zero-order valence-electron chi connectivity index (χ0n) is 19.6. The van der Waals surface area contributed by atoms with Crippen LogP contribution >= 0.6 is 7.44 Å². The van der Waals surface area contributed by atoms with Gasteiger partial charge in [-0.25, -0.2) is 9.34 Å². The molecule has 1 rings (SSSR count). The predicted octanol–water partition coefficient (Wildman–Crippen LogP) is 4.85. The third-order valence-corrected chi connectivity index (χ3v) is 9.51. The maximum atomic E-state index is 14.6. The molecule has 0 saturated carbocycles. The molecule has 6 nitrogen and oxygen atoms in total. The molecule has 0 aromatic heterocycles.